The molecule has 0 radical (unpaired) electrons. The summed E-state index contributed by atoms with van der Waals surface area (Å²) in [5.41, 5.74) is -0.227. The summed E-state index contributed by atoms with van der Waals surface area (Å²) in [4.78, 5) is 28.5. The minimum Gasteiger partial charge on any atom is -0.505 e. The van der Waals surface area contributed by atoms with Crippen molar-refractivity contribution >= 4 is 34.2 Å². The number of carbonyl (C=O) groups excluding carboxylic acids is 1. The average Bonchev–Trinajstić information content (AvgIpc) is 2.61. The Hall–Kier alpha value is -2.38. The zero-order valence-corrected chi connectivity index (χ0v) is 16.6. The molecule has 0 saturated heterocycles. The second-order valence-corrected chi connectivity index (χ2v) is 6.97. The number of rotatable bonds is 7. The van der Waals surface area contributed by atoms with Gasteiger partial charge in [0, 0.05) is 10.8 Å². The third-order valence-corrected chi connectivity index (χ3v) is 4.84. The van der Waals surface area contributed by atoms with Crippen LogP contribution in [0.15, 0.2) is 18.2 Å². The molecule has 146 valence electrons. The standard InChI is InChI=1S/C19H23ClN2O5/c1-5-22(6-2,10-15(23)24)19(26)16-17(25)13-8-7-12(27-11(3)4)9-14(13)18(20)21-16/h7-9,11H,5-6,10H2,1-4H3,(H-,23,24,25,26)/p+1. The zero-order chi connectivity index (χ0) is 20.4. The highest BCUT2D eigenvalue weighted by molar-refractivity contribution is 6.35. The number of carboxylic acid groups (broad SMARTS) is 1. The van der Waals surface area contributed by atoms with Crippen molar-refractivity contribution in [2.24, 2.45) is 0 Å². The molecule has 1 amide bonds. The number of likely N-dealkylation sites (N-methyl/N-ethyl adjacent to an activating group) is 1. The summed E-state index contributed by atoms with van der Waals surface area (Å²) >= 11 is 6.28. The Kier molecular flexibility index (Phi) is 6.28. The highest BCUT2D eigenvalue weighted by Gasteiger charge is 2.40. The van der Waals surface area contributed by atoms with E-state index in [0.29, 0.717) is 16.5 Å². The molecule has 0 aliphatic heterocycles. The van der Waals surface area contributed by atoms with Gasteiger partial charge in [0.05, 0.1) is 19.2 Å². The monoisotopic (exact) mass is 395 g/mol. The summed E-state index contributed by atoms with van der Waals surface area (Å²) in [5, 5.41) is 20.7. The van der Waals surface area contributed by atoms with Gasteiger partial charge in [-0.1, -0.05) is 11.6 Å². The highest BCUT2D eigenvalue weighted by Crippen LogP contribution is 2.36. The van der Waals surface area contributed by atoms with E-state index in [1.807, 2.05) is 13.8 Å². The van der Waals surface area contributed by atoms with Gasteiger partial charge in [0.1, 0.15) is 10.9 Å². The molecule has 2 aromatic rings. The van der Waals surface area contributed by atoms with Crippen LogP contribution in [0.1, 0.15) is 38.2 Å². The number of benzene rings is 1. The van der Waals surface area contributed by atoms with Gasteiger partial charge >= 0.3 is 11.9 Å². The van der Waals surface area contributed by atoms with E-state index in [2.05, 4.69) is 4.98 Å². The van der Waals surface area contributed by atoms with E-state index in [0.717, 1.165) is 0 Å². The zero-order valence-electron chi connectivity index (χ0n) is 15.8. The first-order valence-electron chi connectivity index (χ1n) is 8.76. The fourth-order valence-corrected chi connectivity index (χ4v) is 3.26. The minimum atomic E-state index is -1.10. The maximum Gasteiger partial charge on any atom is 0.368 e. The SMILES string of the molecule is CC[N+](CC)(CC(=O)O)C(=O)c1nc(Cl)c2cc(OC(C)C)ccc2c1O. The largest absolute Gasteiger partial charge is 0.505 e. The first-order chi connectivity index (χ1) is 12.6. The molecule has 0 saturated carbocycles. The first-order valence-corrected chi connectivity index (χ1v) is 9.14. The van der Waals surface area contributed by atoms with Gasteiger partial charge in [-0.3, -0.25) is 0 Å². The van der Waals surface area contributed by atoms with Crippen molar-refractivity contribution in [1.82, 2.24) is 4.98 Å². The molecular formula is C19H24ClN2O5+. The molecule has 0 unspecified atom stereocenters. The van der Waals surface area contributed by atoms with Gasteiger partial charge in [-0.15, -0.1) is 0 Å². The number of hydrogen-bond acceptors (Lipinski definition) is 5. The van der Waals surface area contributed by atoms with E-state index >= 15 is 0 Å². The quantitative estimate of drug-likeness (QED) is 0.550. The van der Waals surface area contributed by atoms with E-state index in [9.17, 15) is 19.8 Å². The molecule has 0 bridgehead atoms. The number of quaternary nitrogens is 1. The van der Waals surface area contributed by atoms with E-state index in [-0.39, 0.29) is 40.3 Å². The Bertz CT molecular complexity index is 878. The van der Waals surface area contributed by atoms with Gasteiger partial charge in [0.2, 0.25) is 5.69 Å². The van der Waals surface area contributed by atoms with Crippen molar-refractivity contribution < 1.29 is 29.0 Å². The molecule has 0 fully saturated rings. The number of amides is 1. The lowest BCUT2D eigenvalue weighted by Crippen LogP contribution is -2.55. The number of hydrogen-bond donors (Lipinski definition) is 2. The van der Waals surface area contributed by atoms with Crippen LogP contribution >= 0.6 is 11.6 Å². The average molecular weight is 396 g/mol. The molecule has 27 heavy (non-hydrogen) atoms. The summed E-state index contributed by atoms with van der Waals surface area (Å²) in [7, 11) is 0. The predicted octanol–water partition coefficient (Wildman–Crippen LogP) is 3.46. The van der Waals surface area contributed by atoms with Crippen LogP contribution in [0.2, 0.25) is 5.15 Å². The third-order valence-electron chi connectivity index (χ3n) is 4.56. The number of nitrogens with zero attached hydrogens (tertiary/aromatic N) is 2. The number of aliphatic carboxylic acids is 1. The molecule has 1 heterocycles. The number of carbonyl (C=O) groups is 2. The van der Waals surface area contributed by atoms with Gasteiger partial charge in [-0.25, -0.2) is 19.1 Å². The summed E-state index contributed by atoms with van der Waals surface area (Å²) in [6.45, 7) is 7.32. The fraction of sp³-hybridized carbons (Fsp3) is 0.421. The Morgan fingerprint density at radius 1 is 1.22 bits per heavy atom. The van der Waals surface area contributed by atoms with E-state index in [1.165, 1.54) is 0 Å². The molecule has 0 aliphatic rings. The summed E-state index contributed by atoms with van der Waals surface area (Å²) < 4.78 is 5.26. The second-order valence-electron chi connectivity index (χ2n) is 6.61. The first kappa shape index (κ1) is 20.9. The van der Waals surface area contributed by atoms with Crippen molar-refractivity contribution in [3.05, 3.63) is 29.0 Å². The summed E-state index contributed by atoms with van der Waals surface area (Å²) in [6.07, 6.45) is -0.0355. The second kappa shape index (κ2) is 8.10. The van der Waals surface area contributed by atoms with Crippen molar-refractivity contribution in [1.29, 1.82) is 0 Å². The van der Waals surface area contributed by atoms with Crippen LogP contribution in [0.4, 0.5) is 0 Å². The lowest BCUT2D eigenvalue weighted by Gasteiger charge is -2.31. The van der Waals surface area contributed by atoms with Gasteiger partial charge < -0.3 is 14.9 Å². The van der Waals surface area contributed by atoms with Gasteiger partial charge in [-0.2, -0.15) is 0 Å². The fourth-order valence-electron chi connectivity index (χ4n) is 3.02. The van der Waals surface area contributed by atoms with Crippen LogP contribution in [0.25, 0.3) is 10.8 Å². The third kappa shape index (κ3) is 4.14. The molecule has 0 spiro atoms. The van der Waals surface area contributed by atoms with Gasteiger partial charge in [0.15, 0.2) is 12.3 Å². The summed E-state index contributed by atoms with van der Waals surface area (Å²) in [5.74, 6) is -1.43. The number of fused-ring (bicyclic) bond motifs is 1. The molecule has 0 atom stereocenters. The maximum atomic E-state index is 13.1. The summed E-state index contributed by atoms with van der Waals surface area (Å²) in [6, 6.07) is 4.93. The number of aromatic hydroxyl groups is 1. The van der Waals surface area contributed by atoms with E-state index in [4.69, 9.17) is 16.3 Å². The Labute approximate surface area is 162 Å². The molecular weight excluding hydrogens is 372 g/mol. The van der Waals surface area contributed by atoms with Crippen LogP contribution in [-0.4, -0.2) is 57.3 Å². The van der Waals surface area contributed by atoms with Crippen LogP contribution < -0.4 is 4.74 Å². The van der Waals surface area contributed by atoms with Crippen LogP contribution in [0.3, 0.4) is 0 Å². The smallest absolute Gasteiger partial charge is 0.368 e. The number of carboxylic acids is 1. The van der Waals surface area contributed by atoms with Gasteiger partial charge in [-0.05, 0) is 45.9 Å². The molecule has 1 aromatic carbocycles. The van der Waals surface area contributed by atoms with Crippen LogP contribution in [-0.2, 0) is 4.79 Å². The minimum absolute atomic E-state index is 0.0355. The van der Waals surface area contributed by atoms with E-state index < -0.39 is 18.4 Å². The predicted molar refractivity (Wildman–Crippen MR) is 102 cm³/mol. The van der Waals surface area contributed by atoms with Crippen molar-refractivity contribution in [3.8, 4) is 11.5 Å². The molecule has 2 rings (SSSR count). The lowest BCUT2D eigenvalue weighted by atomic mass is 10.1. The molecule has 7 nitrogen and oxygen atoms in total. The molecule has 8 heteroatoms. The number of ether oxygens (including phenoxy) is 1. The molecule has 0 aliphatic carbocycles. The Balaban J connectivity index is 2.60. The number of aromatic nitrogens is 1. The van der Waals surface area contributed by atoms with Crippen molar-refractivity contribution in [3.63, 3.8) is 0 Å². The molecule has 2 N–H and O–H groups in total. The van der Waals surface area contributed by atoms with Crippen LogP contribution in [0, 0.1) is 0 Å². The number of halogens is 1. The highest BCUT2D eigenvalue weighted by atomic mass is 35.5. The van der Waals surface area contributed by atoms with E-state index in [1.54, 1.807) is 32.0 Å². The number of pyridine rings is 1. The normalized spacial score (nSPS) is 11.8. The lowest BCUT2D eigenvalue weighted by molar-refractivity contribution is -0.838. The Morgan fingerprint density at radius 3 is 2.37 bits per heavy atom. The van der Waals surface area contributed by atoms with Gasteiger partial charge in [0.25, 0.3) is 0 Å². The maximum absolute atomic E-state index is 13.1. The van der Waals surface area contributed by atoms with Crippen LogP contribution in [0.5, 0.6) is 11.5 Å². The Morgan fingerprint density at radius 2 is 1.85 bits per heavy atom. The molecule has 1 aromatic heterocycles. The van der Waals surface area contributed by atoms with Crippen molar-refractivity contribution in [2.45, 2.75) is 33.8 Å². The van der Waals surface area contributed by atoms with Crippen molar-refractivity contribution in [2.75, 3.05) is 19.6 Å². The topological polar surface area (TPSA) is 96.7 Å².